The average molecular weight is 167 g/mol. The SMILES string of the molecule is C#CCCN[C@@H]1CCCC[C@H]1O. The minimum absolute atomic E-state index is 0.156. The van der Waals surface area contributed by atoms with Crippen LogP contribution in [0.1, 0.15) is 32.1 Å². The van der Waals surface area contributed by atoms with Crippen LogP contribution in [0.5, 0.6) is 0 Å². The summed E-state index contributed by atoms with van der Waals surface area (Å²) in [7, 11) is 0. The second-order valence-electron chi connectivity index (χ2n) is 3.37. The Morgan fingerprint density at radius 2 is 2.17 bits per heavy atom. The van der Waals surface area contributed by atoms with E-state index in [4.69, 9.17) is 6.42 Å². The first-order valence-corrected chi connectivity index (χ1v) is 4.69. The molecule has 2 heteroatoms. The van der Waals surface area contributed by atoms with Crippen LogP contribution in [0.25, 0.3) is 0 Å². The van der Waals surface area contributed by atoms with Crippen molar-refractivity contribution in [3.8, 4) is 12.3 Å². The van der Waals surface area contributed by atoms with E-state index in [1.807, 2.05) is 0 Å². The van der Waals surface area contributed by atoms with Crippen LogP contribution in [0.2, 0.25) is 0 Å². The van der Waals surface area contributed by atoms with Gasteiger partial charge in [0.2, 0.25) is 0 Å². The highest BCUT2D eigenvalue weighted by Crippen LogP contribution is 2.17. The lowest BCUT2D eigenvalue weighted by atomic mass is 9.92. The summed E-state index contributed by atoms with van der Waals surface area (Å²) < 4.78 is 0. The van der Waals surface area contributed by atoms with Gasteiger partial charge in [-0.15, -0.1) is 12.3 Å². The van der Waals surface area contributed by atoms with Crippen LogP contribution >= 0.6 is 0 Å². The number of hydrogen-bond acceptors (Lipinski definition) is 2. The molecule has 0 radical (unpaired) electrons. The highest BCUT2D eigenvalue weighted by Gasteiger charge is 2.21. The van der Waals surface area contributed by atoms with Gasteiger partial charge in [0.05, 0.1) is 6.10 Å². The van der Waals surface area contributed by atoms with Crippen molar-refractivity contribution in [3.05, 3.63) is 0 Å². The number of aliphatic hydroxyl groups is 1. The van der Waals surface area contributed by atoms with Gasteiger partial charge < -0.3 is 10.4 Å². The average Bonchev–Trinajstić information content (AvgIpc) is 2.09. The van der Waals surface area contributed by atoms with Crippen molar-refractivity contribution in [1.29, 1.82) is 0 Å². The van der Waals surface area contributed by atoms with Gasteiger partial charge in [-0.05, 0) is 12.8 Å². The Hall–Kier alpha value is -0.520. The molecule has 0 amide bonds. The van der Waals surface area contributed by atoms with E-state index >= 15 is 0 Å². The largest absolute Gasteiger partial charge is 0.392 e. The Morgan fingerprint density at radius 3 is 2.83 bits per heavy atom. The summed E-state index contributed by atoms with van der Waals surface area (Å²) >= 11 is 0. The minimum atomic E-state index is -0.156. The summed E-state index contributed by atoms with van der Waals surface area (Å²) in [6, 6.07) is 0.284. The lowest BCUT2D eigenvalue weighted by molar-refractivity contribution is 0.0915. The van der Waals surface area contributed by atoms with Gasteiger partial charge in [-0.25, -0.2) is 0 Å². The second kappa shape index (κ2) is 5.18. The lowest BCUT2D eigenvalue weighted by Gasteiger charge is -2.28. The molecule has 0 aromatic rings. The molecule has 1 rings (SSSR count). The van der Waals surface area contributed by atoms with Crippen LogP contribution < -0.4 is 5.32 Å². The molecule has 2 N–H and O–H groups in total. The van der Waals surface area contributed by atoms with Crippen molar-refractivity contribution in [3.63, 3.8) is 0 Å². The van der Waals surface area contributed by atoms with Crippen molar-refractivity contribution < 1.29 is 5.11 Å². The monoisotopic (exact) mass is 167 g/mol. The molecule has 2 atom stereocenters. The highest BCUT2D eigenvalue weighted by molar-refractivity contribution is 4.86. The van der Waals surface area contributed by atoms with E-state index < -0.39 is 0 Å². The van der Waals surface area contributed by atoms with Crippen LogP contribution in [0.4, 0.5) is 0 Å². The normalized spacial score (nSPS) is 29.7. The molecule has 1 saturated carbocycles. The molecule has 1 aliphatic carbocycles. The van der Waals surface area contributed by atoms with Crippen LogP contribution in [0.3, 0.4) is 0 Å². The van der Waals surface area contributed by atoms with Gasteiger partial charge >= 0.3 is 0 Å². The molecule has 1 aliphatic rings. The van der Waals surface area contributed by atoms with Crippen molar-refractivity contribution in [2.45, 2.75) is 44.2 Å². The van der Waals surface area contributed by atoms with Gasteiger partial charge in [-0.2, -0.15) is 0 Å². The number of hydrogen-bond donors (Lipinski definition) is 2. The van der Waals surface area contributed by atoms with E-state index in [-0.39, 0.29) is 12.1 Å². The second-order valence-corrected chi connectivity index (χ2v) is 3.37. The lowest BCUT2D eigenvalue weighted by Crippen LogP contribution is -2.42. The van der Waals surface area contributed by atoms with Crippen molar-refractivity contribution >= 4 is 0 Å². The van der Waals surface area contributed by atoms with E-state index in [1.54, 1.807) is 0 Å². The van der Waals surface area contributed by atoms with E-state index in [9.17, 15) is 5.11 Å². The van der Waals surface area contributed by atoms with Crippen molar-refractivity contribution in [1.82, 2.24) is 5.32 Å². The maximum atomic E-state index is 9.55. The van der Waals surface area contributed by atoms with E-state index in [0.717, 1.165) is 32.2 Å². The van der Waals surface area contributed by atoms with Crippen LogP contribution in [-0.4, -0.2) is 23.8 Å². The third kappa shape index (κ3) is 2.84. The van der Waals surface area contributed by atoms with Crippen LogP contribution in [0.15, 0.2) is 0 Å². The van der Waals surface area contributed by atoms with Crippen molar-refractivity contribution in [2.75, 3.05) is 6.54 Å². The fourth-order valence-corrected chi connectivity index (χ4v) is 1.68. The summed E-state index contributed by atoms with van der Waals surface area (Å²) in [4.78, 5) is 0. The van der Waals surface area contributed by atoms with E-state index in [2.05, 4.69) is 11.2 Å². The zero-order chi connectivity index (χ0) is 8.81. The topological polar surface area (TPSA) is 32.3 Å². The maximum Gasteiger partial charge on any atom is 0.0693 e. The summed E-state index contributed by atoms with van der Waals surface area (Å²) in [6.45, 7) is 0.832. The Balaban J connectivity index is 2.16. The van der Waals surface area contributed by atoms with Crippen LogP contribution in [-0.2, 0) is 0 Å². The van der Waals surface area contributed by atoms with E-state index in [1.165, 1.54) is 6.42 Å². The molecular weight excluding hydrogens is 150 g/mol. The minimum Gasteiger partial charge on any atom is -0.392 e. The van der Waals surface area contributed by atoms with Gasteiger partial charge in [0.15, 0.2) is 0 Å². The molecule has 0 aromatic carbocycles. The Bertz CT molecular complexity index is 162. The predicted molar refractivity (Wildman–Crippen MR) is 49.7 cm³/mol. The van der Waals surface area contributed by atoms with Gasteiger partial charge in [-0.1, -0.05) is 12.8 Å². The first-order valence-electron chi connectivity index (χ1n) is 4.69. The Labute approximate surface area is 74.4 Å². The van der Waals surface area contributed by atoms with Gasteiger partial charge in [0, 0.05) is 19.0 Å². The smallest absolute Gasteiger partial charge is 0.0693 e. The van der Waals surface area contributed by atoms with Gasteiger partial charge in [0.25, 0.3) is 0 Å². The molecule has 0 aliphatic heterocycles. The number of nitrogens with one attached hydrogen (secondary N) is 1. The third-order valence-corrected chi connectivity index (χ3v) is 2.41. The third-order valence-electron chi connectivity index (χ3n) is 2.41. The Kier molecular flexibility index (Phi) is 4.13. The van der Waals surface area contributed by atoms with Gasteiger partial charge in [-0.3, -0.25) is 0 Å². The van der Waals surface area contributed by atoms with Crippen molar-refractivity contribution in [2.24, 2.45) is 0 Å². The molecule has 0 aromatic heterocycles. The summed E-state index contributed by atoms with van der Waals surface area (Å²) in [5, 5.41) is 12.8. The van der Waals surface area contributed by atoms with Gasteiger partial charge in [0.1, 0.15) is 0 Å². The fourth-order valence-electron chi connectivity index (χ4n) is 1.68. The van der Waals surface area contributed by atoms with Crippen LogP contribution in [0, 0.1) is 12.3 Å². The predicted octanol–water partition coefficient (Wildman–Crippen LogP) is 0.903. The quantitative estimate of drug-likeness (QED) is 0.483. The zero-order valence-electron chi connectivity index (χ0n) is 7.42. The maximum absolute atomic E-state index is 9.55. The first kappa shape index (κ1) is 9.57. The molecule has 2 nitrogen and oxygen atoms in total. The standard InChI is InChI=1S/C10H17NO/c1-2-3-8-11-9-6-4-5-7-10(9)12/h1,9-12H,3-8H2/t9-,10-/m1/s1. The molecule has 12 heavy (non-hydrogen) atoms. The molecule has 0 unspecified atom stereocenters. The molecule has 1 fully saturated rings. The van der Waals surface area contributed by atoms with E-state index in [0.29, 0.717) is 0 Å². The molecule has 68 valence electrons. The number of terminal acetylenes is 1. The molecule has 0 bridgehead atoms. The summed E-state index contributed by atoms with van der Waals surface area (Å²) in [5.74, 6) is 2.58. The fraction of sp³-hybridized carbons (Fsp3) is 0.800. The molecule has 0 spiro atoms. The Morgan fingerprint density at radius 1 is 1.42 bits per heavy atom. The number of aliphatic hydroxyl groups excluding tert-OH is 1. The summed E-state index contributed by atoms with van der Waals surface area (Å²) in [6.07, 6.45) is 10.1. The number of rotatable bonds is 3. The zero-order valence-corrected chi connectivity index (χ0v) is 7.42. The summed E-state index contributed by atoms with van der Waals surface area (Å²) in [5.41, 5.74) is 0. The molecule has 0 heterocycles. The molecule has 0 saturated heterocycles. The highest BCUT2D eigenvalue weighted by atomic mass is 16.3. The molecular formula is C10H17NO. The first-order chi connectivity index (χ1) is 5.84.